The maximum absolute atomic E-state index is 6.04. The molecule has 0 aliphatic rings. The van der Waals surface area contributed by atoms with Gasteiger partial charge in [-0.2, -0.15) is 0 Å². The molecule has 2 aromatic heterocycles. The van der Waals surface area contributed by atoms with Gasteiger partial charge in [0.05, 0.1) is 5.69 Å². The number of pyridine rings is 1. The molecule has 0 aliphatic heterocycles. The van der Waals surface area contributed by atoms with Crippen LogP contribution in [0.15, 0.2) is 36.5 Å². The molecule has 0 unspecified atom stereocenters. The topological polar surface area (TPSA) is 29.8 Å². The van der Waals surface area contributed by atoms with Crippen molar-refractivity contribution < 1.29 is 4.74 Å². The first-order chi connectivity index (χ1) is 11.5. The van der Waals surface area contributed by atoms with E-state index in [9.17, 15) is 0 Å². The van der Waals surface area contributed by atoms with E-state index >= 15 is 0 Å². The van der Waals surface area contributed by atoms with Gasteiger partial charge in [-0.1, -0.05) is 23.2 Å². The van der Waals surface area contributed by atoms with Gasteiger partial charge in [-0.05, 0) is 49.7 Å². The molecule has 3 aromatic rings. The average Bonchev–Trinajstić information content (AvgIpc) is 2.87. The monoisotopic (exact) mass is 363 g/mol. The Morgan fingerprint density at radius 2 is 1.92 bits per heavy atom. The predicted molar refractivity (Wildman–Crippen MR) is 99.7 cm³/mol. The maximum atomic E-state index is 6.04. The summed E-state index contributed by atoms with van der Waals surface area (Å²) in [5, 5.41) is 1.20. The van der Waals surface area contributed by atoms with Crippen LogP contribution >= 0.6 is 23.2 Å². The summed E-state index contributed by atoms with van der Waals surface area (Å²) in [5.74, 6) is 1.80. The molecule has 4 nitrogen and oxygen atoms in total. The van der Waals surface area contributed by atoms with Crippen LogP contribution in [0, 0.1) is 6.92 Å². The summed E-state index contributed by atoms with van der Waals surface area (Å²) < 4.78 is 8.03. The lowest BCUT2D eigenvalue weighted by molar-refractivity contribution is 0.308. The summed E-state index contributed by atoms with van der Waals surface area (Å²) in [6.45, 7) is 5.41. The Bertz CT molecular complexity index is 856. The third-order valence-corrected chi connectivity index (χ3v) is 4.35. The maximum Gasteiger partial charge on any atom is 0.181 e. The van der Waals surface area contributed by atoms with Crippen LogP contribution in [0.4, 0.5) is 5.82 Å². The highest BCUT2D eigenvalue weighted by atomic mass is 35.5. The normalized spacial score (nSPS) is 11.0. The summed E-state index contributed by atoms with van der Waals surface area (Å²) in [6, 6.07) is 9.28. The minimum atomic E-state index is 0.380. The molecule has 0 radical (unpaired) electrons. The number of rotatable bonds is 5. The highest BCUT2D eigenvalue weighted by Crippen LogP contribution is 2.28. The zero-order valence-corrected chi connectivity index (χ0v) is 15.4. The molecule has 3 rings (SSSR count). The van der Waals surface area contributed by atoms with Gasteiger partial charge in [0.15, 0.2) is 11.4 Å². The molecule has 2 heterocycles. The molecule has 24 heavy (non-hydrogen) atoms. The Kier molecular flexibility index (Phi) is 4.88. The third kappa shape index (κ3) is 3.30. The van der Waals surface area contributed by atoms with Crippen molar-refractivity contribution in [2.75, 3.05) is 18.5 Å². The van der Waals surface area contributed by atoms with Crippen LogP contribution in [0.1, 0.15) is 18.2 Å². The number of aryl methyl sites for hydroxylation is 1. The fourth-order valence-electron chi connectivity index (χ4n) is 2.72. The van der Waals surface area contributed by atoms with Crippen LogP contribution in [0.25, 0.3) is 5.65 Å². The first-order valence-corrected chi connectivity index (χ1v) is 8.51. The zero-order chi connectivity index (χ0) is 17.3. The largest absolute Gasteiger partial charge is 0.485 e. The van der Waals surface area contributed by atoms with Crippen molar-refractivity contribution in [2.24, 2.45) is 0 Å². The van der Waals surface area contributed by atoms with Crippen LogP contribution < -0.4 is 9.64 Å². The van der Waals surface area contributed by atoms with Crippen molar-refractivity contribution in [3.8, 4) is 5.75 Å². The van der Waals surface area contributed by atoms with E-state index in [1.807, 2.05) is 37.4 Å². The van der Waals surface area contributed by atoms with E-state index in [4.69, 9.17) is 27.9 Å². The predicted octanol–water partition coefficient (Wildman–Crippen LogP) is 4.98. The molecule has 0 fully saturated rings. The summed E-state index contributed by atoms with van der Waals surface area (Å²) in [6.07, 6.45) is 2.00. The first-order valence-electron chi connectivity index (χ1n) is 7.76. The molecule has 0 spiro atoms. The second kappa shape index (κ2) is 6.91. The van der Waals surface area contributed by atoms with E-state index in [2.05, 4.69) is 28.3 Å². The van der Waals surface area contributed by atoms with Gasteiger partial charge in [0.1, 0.15) is 12.4 Å². The summed E-state index contributed by atoms with van der Waals surface area (Å²) in [5.41, 5.74) is 2.70. The van der Waals surface area contributed by atoms with Gasteiger partial charge in [-0.25, -0.2) is 4.98 Å². The fraction of sp³-hybridized carbons (Fsp3) is 0.278. The molecule has 0 saturated carbocycles. The van der Waals surface area contributed by atoms with Crippen LogP contribution in [0.3, 0.4) is 0 Å². The lowest BCUT2D eigenvalue weighted by Crippen LogP contribution is -2.18. The van der Waals surface area contributed by atoms with E-state index < -0.39 is 0 Å². The SMILES string of the molecule is CCN(C)c1c(C)nc2c(OCc3cc(Cl)cc(Cl)c3)cccn12. The summed E-state index contributed by atoms with van der Waals surface area (Å²) >= 11 is 12.1. The number of nitrogens with zero attached hydrogens (tertiary/aromatic N) is 3. The highest BCUT2D eigenvalue weighted by molar-refractivity contribution is 6.34. The number of hydrogen-bond acceptors (Lipinski definition) is 3. The van der Waals surface area contributed by atoms with Crippen LogP contribution in [0.5, 0.6) is 5.75 Å². The standard InChI is InChI=1S/C18H19Cl2N3O/c1-4-22(3)18-12(2)21-17-16(6-5-7-23(17)18)24-11-13-8-14(19)10-15(20)9-13/h5-10H,4,11H2,1-3H3. The van der Waals surface area contributed by atoms with Gasteiger partial charge in [-0.3, -0.25) is 4.40 Å². The fourth-order valence-corrected chi connectivity index (χ4v) is 3.29. The van der Waals surface area contributed by atoms with Crippen LogP contribution in [-0.4, -0.2) is 23.0 Å². The molecular weight excluding hydrogens is 345 g/mol. The number of ether oxygens (including phenoxy) is 1. The lowest BCUT2D eigenvalue weighted by Gasteiger charge is -2.17. The van der Waals surface area contributed by atoms with Crippen molar-refractivity contribution in [3.05, 3.63) is 57.8 Å². The number of anilines is 1. The minimum Gasteiger partial charge on any atom is -0.485 e. The van der Waals surface area contributed by atoms with Gasteiger partial charge in [-0.15, -0.1) is 0 Å². The van der Waals surface area contributed by atoms with Crippen molar-refractivity contribution in [1.82, 2.24) is 9.38 Å². The van der Waals surface area contributed by atoms with Gasteiger partial charge in [0.25, 0.3) is 0 Å². The molecule has 0 saturated heterocycles. The molecule has 0 aliphatic carbocycles. The number of aromatic nitrogens is 2. The summed E-state index contributed by atoms with van der Waals surface area (Å²) in [4.78, 5) is 6.84. The van der Waals surface area contributed by atoms with E-state index in [1.54, 1.807) is 6.07 Å². The van der Waals surface area contributed by atoms with E-state index in [0.717, 1.165) is 35.0 Å². The molecular formula is C18H19Cl2N3O. The molecule has 126 valence electrons. The molecule has 0 atom stereocenters. The van der Waals surface area contributed by atoms with Crippen LogP contribution in [-0.2, 0) is 6.61 Å². The number of imidazole rings is 1. The third-order valence-electron chi connectivity index (χ3n) is 3.91. The van der Waals surface area contributed by atoms with Gasteiger partial charge < -0.3 is 9.64 Å². The average molecular weight is 364 g/mol. The Hall–Kier alpha value is -1.91. The zero-order valence-electron chi connectivity index (χ0n) is 13.9. The van der Waals surface area contributed by atoms with Crippen molar-refractivity contribution in [3.63, 3.8) is 0 Å². The van der Waals surface area contributed by atoms with Gasteiger partial charge in [0, 0.05) is 29.8 Å². The van der Waals surface area contributed by atoms with Crippen molar-refractivity contribution in [1.29, 1.82) is 0 Å². The molecule has 6 heteroatoms. The smallest absolute Gasteiger partial charge is 0.181 e. The van der Waals surface area contributed by atoms with Gasteiger partial charge >= 0.3 is 0 Å². The highest BCUT2D eigenvalue weighted by Gasteiger charge is 2.15. The van der Waals surface area contributed by atoms with Gasteiger partial charge in [0.2, 0.25) is 0 Å². The Morgan fingerprint density at radius 3 is 2.58 bits per heavy atom. The van der Waals surface area contributed by atoms with Crippen LogP contribution in [0.2, 0.25) is 10.0 Å². The second-order valence-corrected chi connectivity index (χ2v) is 6.54. The van der Waals surface area contributed by atoms with Crippen molar-refractivity contribution in [2.45, 2.75) is 20.5 Å². The van der Waals surface area contributed by atoms with Crippen molar-refractivity contribution >= 4 is 34.7 Å². The van der Waals surface area contributed by atoms with E-state index in [-0.39, 0.29) is 0 Å². The van der Waals surface area contributed by atoms with E-state index in [1.165, 1.54) is 0 Å². The lowest BCUT2D eigenvalue weighted by atomic mass is 10.2. The Morgan fingerprint density at radius 1 is 1.21 bits per heavy atom. The Balaban J connectivity index is 1.93. The first kappa shape index (κ1) is 16.9. The van der Waals surface area contributed by atoms with E-state index in [0.29, 0.717) is 16.7 Å². The minimum absolute atomic E-state index is 0.380. The number of benzene rings is 1. The molecule has 0 N–H and O–H groups in total. The summed E-state index contributed by atoms with van der Waals surface area (Å²) in [7, 11) is 2.05. The molecule has 0 bridgehead atoms. The number of halogens is 2. The number of hydrogen-bond donors (Lipinski definition) is 0. The second-order valence-electron chi connectivity index (χ2n) is 5.67. The molecule has 0 amide bonds. The Labute approximate surface area is 151 Å². The quantitative estimate of drug-likeness (QED) is 0.639. The number of fused-ring (bicyclic) bond motifs is 1. The molecule has 1 aromatic carbocycles.